The maximum absolute atomic E-state index is 5.39. The molecule has 3 heteroatoms. The van der Waals surface area contributed by atoms with E-state index >= 15 is 0 Å². The summed E-state index contributed by atoms with van der Waals surface area (Å²) in [4.78, 5) is 7.00. The zero-order chi connectivity index (χ0) is 12.7. The molecule has 0 N–H and O–H groups in total. The molecule has 0 amide bonds. The van der Waals surface area contributed by atoms with Gasteiger partial charge in [-0.05, 0) is 49.9 Å². The van der Waals surface area contributed by atoms with Gasteiger partial charge in [0.1, 0.15) is 5.52 Å². The van der Waals surface area contributed by atoms with Crippen molar-refractivity contribution in [2.75, 3.05) is 13.1 Å². The highest BCUT2D eigenvalue weighted by Crippen LogP contribution is 2.32. The number of pyridine rings is 1. The Kier molecular flexibility index (Phi) is 2.66. The first-order valence-corrected chi connectivity index (χ1v) is 7.14. The minimum atomic E-state index is 0.625. The molecule has 3 nitrogen and oxygen atoms in total. The molecule has 1 atom stereocenters. The molecule has 19 heavy (non-hydrogen) atoms. The van der Waals surface area contributed by atoms with Crippen LogP contribution in [0.3, 0.4) is 0 Å². The van der Waals surface area contributed by atoms with Crippen molar-refractivity contribution in [1.82, 2.24) is 9.88 Å². The standard InChI is InChI=1S/C16H18N2O/c1(2-14-9-12-3-6-18(14)7-4-12)13-10-16-15(17-11-13)5-8-19-16/h1-2,5,8,10-12,14H,3-4,6-7,9H2. The van der Waals surface area contributed by atoms with Gasteiger partial charge in [-0.1, -0.05) is 12.2 Å². The highest BCUT2D eigenvalue weighted by molar-refractivity contribution is 5.74. The van der Waals surface area contributed by atoms with Gasteiger partial charge in [0.15, 0.2) is 5.58 Å². The molecule has 3 saturated heterocycles. The lowest BCUT2D eigenvalue weighted by atomic mass is 9.83. The van der Waals surface area contributed by atoms with Crippen molar-refractivity contribution in [3.8, 4) is 0 Å². The largest absolute Gasteiger partial charge is 0.463 e. The molecular formula is C16H18N2O. The second-order valence-corrected chi connectivity index (χ2v) is 5.71. The van der Waals surface area contributed by atoms with Gasteiger partial charge in [0.25, 0.3) is 0 Å². The molecule has 0 saturated carbocycles. The van der Waals surface area contributed by atoms with E-state index in [0.29, 0.717) is 6.04 Å². The lowest BCUT2D eigenvalue weighted by molar-refractivity contribution is 0.0740. The Bertz CT molecular complexity index is 608. The Hall–Kier alpha value is -1.61. The van der Waals surface area contributed by atoms with E-state index in [0.717, 1.165) is 22.6 Å². The summed E-state index contributed by atoms with van der Waals surface area (Å²) in [5, 5.41) is 0. The summed E-state index contributed by atoms with van der Waals surface area (Å²) in [5.41, 5.74) is 2.93. The first kappa shape index (κ1) is 11.2. The molecule has 1 unspecified atom stereocenters. The van der Waals surface area contributed by atoms with E-state index in [1.54, 1.807) is 6.26 Å². The smallest absolute Gasteiger partial charge is 0.152 e. The van der Waals surface area contributed by atoms with Crippen molar-refractivity contribution in [1.29, 1.82) is 0 Å². The van der Waals surface area contributed by atoms with Crippen molar-refractivity contribution < 1.29 is 4.42 Å². The van der Waals surface area contributed by atoms with Crippen LogP contribution in [0.1, 0.15) is 24.8 Å². The molecule has 0 aliphatic carbocycles. The zero-order valence-electron chi connectivity index (χ0n) is 11.0. The maximum atomic E-state index is 5.39. The predicted octanol–water partition coefficient (Wildman–Crippen LogP) is 3.33. The van der Waals surface area contributed by atoms with Crippen molar-refractivity contribution in [3.63, 3.8) is 0 Å². The van der Waals surface area contributed by atoms with Crippen LogP contribution < -0.4 is 0 Å². The number of piperidine rings is 3. The minimum absolute atomic E-state index is 0.625. The van der Waals surface area contributed by atoms with E-state index in [9.17, 15) is 0 Å². The number of rotatable bonds is 2. The number of aromatic nitrogens is 1. The van der Waals surface area contributed by atoms with Crippen molar-refractivity contribution in [2.24, 2.45) is 5.92 Å². The fraction of sp³-hybridized carbons (Fsp3) is 0.438. The summed E-state index contributed by atoms with van der Waals surface area (Å²) in [6.45, 7) is 2.55. The lowest BCUT2D eigenvalue weighted by Gasteiger charge is -2.44. The third-order valence-electron chi connectivity index (χ3n) is 4.53. The third kappa shape index (κ3) is 2.08. The Labute approximate surface area is 112 Å². The second kappa shape index (κ2) is 4.49. The molecular weight excluding hydrogens is 236 g/mol. The van der Waals surface area contributed by atoms with Gasteiger partial charge in [-0.15, -0.1) is 0 Å². The van der Waals surface area contributed by atoms with Crippen LogP contribution in [-0.2, 0) is 0 Å². The quantitative estimate of drug-likeness (QED) is 0.823. The zero-order valence-corrected chi connectivity index (χ0v) is 11.0. The van der Waals surface area contributed by atoms with Gasteiger partial charge in [0.2, 0.25) is 0 Å². The van der Waals surface area contributed by atoms with E-state index in [-0.39, 0.29) is 0 Å². The fourth-order valence-corrected chi connectivity index (χ4v) is 3.39. The van der Waals surface area contributed by atoms with Gasteiger partial charge in [0.05, 0.1) is 6.26 Å². The van der Waals surface area contributed by atoms with Crippen molar-refractivity contribution >= 4 is 17.2 Å². The molecule has 98 valence electrons. The molecule has 0 radical (unpaired) electrons. The van der Waals surface area contributed by atoms with Gasteiger partial charge in [-0.25, -0.2) is 0 Å². The predicted molar refractivity (Wildman–Crippen MR) is 75.7 cm³/mol. The first-order valence-electron chi connectivity index (χ1n) is 7.14. The average molecular weight is 254 g/mol. The van der Waals surface area contributed by atoms with Gasteiger partial charge in [0, 0.05) is 18.3 Å². The molecule has 2 aromatic heterocycles. The SMILES string of the molecule is C(=CC1CC2CCN1CC2)c1cnc2ccoc2c1. The van der Waals surface area contributed by atoms with Crippen LogP contribution in [0.2, 0.25) is 0 Å². The van der Waals surface area contributed by atoms with Gasteiger partial charge in [-0.3, -0.25) is 9.88 Å². The molecule has 5 heterocycles. The topological polar surface area (TPSA) is 29.3 Å². The highest BCUT2D eigenvalue weighted by Gasteiger charge is 2.31. The van der Waals surface area contributed by atoms with Gasteiger partial charge >= 0.3 is 0 Å². The minimum Gasteiger partial charge on any atom is -0.463 e. The average Bonchev–Trinajstić information content (AvgIpc) is 2.94. The summed E-state index contributed by atoms with van der Waals surface area (Å²) in [6, 6.07) is 4.59. The number of nitrogens with zero attached hydrogens (tertiary/aromatic N) is 2. The summed E-state index contributed by atoms with van der Waals surface area (Å²) >= 11 is 0. The van der Waals surface area contributed by atoms with E-state index < -0.39 is 0 Å². The van der Waals surface area contributed by atoms with Crippen LogP contribution in [0.4, 0.5) is 0 Å². The van der Waals surface area contributed by atoms with Crippen LogP contribution >= 0.6 is 0 Å². The van der Waals surface area contributed by atoms with Gasteiger partial charge in [-0.2, -0.15) is 0 Å². The molecule has 5 rings (SSSR count). The molecule has 0 spiro atoms. The number of furan rings is 1. The van der Waals surface area contributed by atoms with Crippen molar-refractivity contribution in [2.45, 2.75) is 25.3 Å². The number of fused-ring (bicyclic) bond motifs is 4. The number of hydrogen-bond acceptors (Lipinski definition) is 3. The highest BCUT2D eigenvalue weighted by atomic mass is 16.3. The van der Waals surface area contributed by atoms with Crippen LogP contribution in [-0.4, -0.2) is 29.0 Å². The molecule has 3 aliphatic heterocycles. The molecule has 3 fully saturated rings. The molecule has 2 bridgehead atoms. The second-order valence-electron chi connectivity index (χ2n) is 5.71. The van der Waals surface area contributed by atoms with Crippen molar-refractivity contribution in [3.05, 3.63) is 36.2 Å². The summed E-state index contributed by atoms with van der Waals surface area (Å²) in [7, 11) is 0. The summed E-state index contributed by atoms with van der Waals surface area (Å²) in [5.74, 6) is 0.949. The first-order chi connectivity index (χ1) is 9.38. The Morgan fingerprint density at radius 2 is 2.21 bits per heavy atom. The Morgan fingerprint density at radius 3 is 3.00 bits per heavy atom. The van der Waals surface area contributed by atoms with Crippen LogP contribution in [0.25, 0.3) is 17.2 Å². The number of hydrogen-bond donors (Lipinski definition) is 0. The van der Waals surface area contributed by atoms with E-state index in [2.05, 4.69) is 28.1 Å². The Balaban J connectivity index is 1.55. The van der Waals surface area contributed by atoms with Gasteiger partial charge < -0.3 is 4.42 Å². The van der Waals surface area contributed by atoms with E-state index in [1.807, 2.05) is 12.3 Å². The van der Waals surface area contributed by atoms with Crippen LogP contribution in [0, 0.1) is 5.92 Å². The third-order valence-corrected chi connectivity index (χ3v) is 4.53. The molecule has 0 aromatic carbocycles. The maximum Gasteiger partial charge on any atom is 0.152 e. The molecule has 3 aliphatic rings. The lowest BCUT2D eigenvalue weighted by Crippen LogP contribution is -2.47. The summed E-state index contributed by atoms with van der Waals surface area (Å²) < 4.78 is 5.39. The van der Waals surface area contributed by atoms with Crippen LogP contribution in [0.15, 0.2) is 35.1 Å². The van der Waals surface area contributed by atoms with E-state index in [1.165, 1.54) is 32.4 Å². The summed E-state index contributed by atoms with van der Waals surface area (Å²) in [6.07, 6.45) is 12.3. The Morgan fingerprint density at radius 1 is 1.32 bits per heavy atom. The van der Waals surface area contributed by atoms with E-state index in [4.69, 9.17) is 4.42 Å². The van der Waals surface area contributed by atoms with Crippen LogP contribution in [0.5, 0.6) is 0 Å². The normalized spacial score (nSPS) is 30.4. The monoisotopic (exact) mass is 254 g/mol. The fourth-order valence-electron chi connectivity index (χ4n) is 3.39. The molecule has 2 aromatic rings.